The molecule has 6 heteroatoms. The number of hydrogen-bond donors (Lipinski definition) is 2. The Labute approximate surface area is 118 Å². The largest absolute Gasteiger partial charge is 0.481 e. The number of hydrogen-bond acceptors (Lipinski definition) is 2. The zero-order chi connectivity index (χ0) is 14.0. The second kappa shape index (κ2) is 5.47. The third kappa shape index (κ3) is 3.36. The van der Waals surface area contributed by atoms with Crippen LogP contribution >= 0.6 is 23.2 Å². The molecule has 0 saturated heterocycles. The molecule has 1 heterocycles. The van der Waals surface area contributed by atoms with Crippen LogP contribution in [0.3, 0.4) is 0 Å². The number of pyridine rings is 1. The van der Waals surface area contributed by atoms with Gasteiger partial charge in [0.1, 0.15) is 0 Å². The van der Waals surface area contributed by atoms with E-state index < -0.39 is 5.97 Å². The molecule has 19 heavy (non-hydrogen) atoms. The molecular weight excluding hydrogens is 289 g/mol. The van der Waals surface area contributed by atoms with Crippen molar-refractivity contribution in [2.24, 2.45) is 0 Å². The molecule has 98 valence electrons. The molecule has 0 aliphatic heterocycles. The molecule has 1 aromatic carbocycles. The molecule has 1 aromatic heterocycles. The molecular formula is C13H9Cl2NO3. The summed E-state index contributed by atoms with van der Waals surface area (Å²) in [7, 11) is 0. The number of rotatable bonds is 3. The summed E-state index contributed by atoms with van der Waals surface area (Å²) < 4.78 is 0. The summed E-state index contributed by atoms with van der Waals surface area (Å²) >= 11 is 11.8. The number of aromatic amines is 1. The molecule has 4 nitrogen and oxygen atoms in total. The molecule has 0 fully saturated rings. The lowest BCUT2D eigenvalue weighted by Gasteiger charge is -2.08. The Bertz CT molecular complexity index is 674. The topological polar surface area (TPSA) is 70.2 Å². The standard InChI is InChI=1S/C13H9Cl2NO3/c14-9-1-7(2-10(15)5-9)11-6-16-12(17)3-8(11)4-13(18)19/h1-3,5-6H,4H2,(H,16,17)(H,18,19). The number of nitrogens with one attached hydrogen (secondary N) is 1. The minimum absolute atomic E-state index is 0.247. The van der Waals surface area contributed by atoms with Crippen molar-refractivity contribution in [3.63, 3.8) is 0 Å². The monoisotopic (exact) mass is 297 g/mol. The van der Waals surface area contributed by atoms with Crippen molar-refractivity contribution in [1.29, 1.82) is 0 Å². The highest BCUT2D eigenvalue weighted by atomic mass is 35.5. The van der Waals surface area contributed by atoms with E-state index >= 15 is 0 Å². The van der Waals surface area contributed by atoms with Crippen LogP contribution in [0.4, 0.5) is 0 Å². The van der Waals surface area contributed by atoms with Crippen LogP contribution in [0, 0.1) is 0 Å². The number of aliphatic carboxylic acids is 1. The number of carboxylic acid groups (broad SMARTS) is 1. The van der Waals surface area contributed by atoms with Gasteiger partial charge >= 0.3 is 5.97 Å². The van der Waals surface area contributed by atoms with Gasteiger partial charge in [-0.2, -0.15) is 0 Å². The van der Waals surface area contributed by atoms with E-state index in [1.807, 2.05) is 0 Å². The predicted molar refractivity (Wildman–Crippen MR) is 73.9 cm³/mol. The maximum atomic E-state index is 11.3. The van der Waals surface area contributed by atoms with E-state index in [4.69, 9.17) is 28.3 Å². The first-order chi connectivity index (χ1) is 8.95. The van der Waals surface area contributed by atoms with E-state index in [-0.39, 0.29) is 12.0 Å². The van der Waals surface area contributed by atoms with Gasteiger partial charge in [-0.05, 0) is 29.3 Å². The van der Waals surface area contributed by atoms with Gasteiger partial charge in [0, 0.05) is 27.9 Å². The minimum Gasteiger partial charge on any atom is -0.481 e. The van der Waals surface area contributed by atoms with Crippen molar-refractivity contribution in [3.8, 4) is 11.1 Å². The van der Waals surface area contributed by atoms with Gasteiger partial charge in [0.05, 0.1) is 6.42 Å². The van der Waals surface area contributed by atoms with E-state index in [1.165, 1.54) is 12.3 Å². The molecule has 0 aliphatic carbocycles. The van der Waals surface area contributed by atoms with E-state index in [1.54, 1.807) is 18.2 Å². The number of carbonyl (C=O) groups is 1. The van der Waals surface area contributed by atoms with Crippen LogP contribution < -0.4 is 5.56 Å². The molecule has 2 N–H and O–H groups in total. The maximum Gasteiger partial charge on any atom is 0.307 e. The first kappa shape index (κ1) is 13.6. The predicted octanol–water partition coefficient (Wildman–Crippen LogP) is 2.98. The van der Waals surface area contributed by atoms with E-state index in [0.29, 0.717) is 26.7 Å². The smallest absolute Gasteiger partial charge is 0.307 e. The Hall–Kier alpha value is -1.78. The highest BCUT2D eigenvalue weighted by Crippen LogP contribution is 2.28. The SMILES string of the molecule is O=C(O)Cc1cc(=O)[nH]cc1-c1cc(Cl)cc(Cl)c1. The highest BCUT2D eigenvalue weighted by Gasteiger charge is 2.11. The number of carboxylic acids is 1. The van der Waals surface area contributed by atoms with Gasteiger partial charge in [-0.15, -0.1) is 0 Å². The van der Waals surface area contributed by atoms with Crippen LogP contribution in [0.1, 0.15) is 5.56 Å². The maximum absolute atomic E-state index is 11.3. The Kier molecular flexibility index (Phi) is 3.93. The average molecular weight is 298 g/mol. The lowest BCUT2D eigenvalue weighted by atomic mass is 10.00. The third-order valence-corrected chi connectivity index (χ3v) is 2.96. The molecule has 0 aliphatic rings. The van der Waals surface area contributed by atoms with Crippen molar-refractivity contribution < 1.29 is 9.90 Å². The Morgan fingerprint density at radius 3 is 2.37 bits per heavy atom. The fourth-order valence-corrected chi connectivity index (χ4v) is 2.33. The molecule has 0 radical (unpaired) electrons. The van der Waals surface area contributed by atoms with Crippen molar-refractivity contribution in [3.05, 3.63) is 56.4 Å². The molecule has 0 saturated carbocycles. The Morgan fingerprint density at radius 2 is 1.79 bits per heavy atom. The molecule has 0 spiro atoms. The molecule has 0 bridgehead atoms. The van der Waals surface area contributed by atoms with Gasteiger partial charge in [0.25, 0.3) is 0 Å². The van der Waals surface area contributed by atoms with E-state index in [0.717, 1.165) is 0 Å². The molecule has 0 atom stereocenters. The van der Waals surface area contributed by atoms with Crippen molar-refractivity contribution in [2.75, 3.05) is 0 Å². The van der Waals surface area contributed by atoms with Gasteiger partial charge in [-0.25, -0.2) is 0 Å². The number of halogens is 2. The van der Waals surface area contributed by atoms with Crippen LogP contribution in [-0.2, 0) is 11.2 Å². The molecule has 0 unspecified atom stereocenters. The van der Waals surface area contributed by atoms with Gasteiger partial charge in [-0.1, -0.05) is 23.2 Å². The zero-order valence-corrected chi connectivity index (χ0v) is 11.1. The molecule has 2 rings (SSSR count). The first-order valence-corrected chi connectivity index (χ1v) is 6.11. The summed E-state index contributed by atoms with van der Waals surface area (Å²) in [5, 5.41) is 9.75. The lowest BCUT2D eigenvalue weighted by Crippen LogP contribution is -2.10. The van der Waals surface area contributed by atoms with E-state index in [2.05, 4.69) is 4.98 Å². The lowest BCUT2D eigenvalue weighted by molar-refractivity contribution is -0.136. The van der Waals surface area contributed by atoms with Gasteiger partial charge < -0.3 is 10.1 Å². The van der Waals surface area contributed by atoms with Crippen LogP contribution in [-0.4, -0.2) is 16.1 Å². The van der Waals surface area contributed by atoms with Crippen molar-refractivity contribution in [2.45, 2.75) is 6.42 Å². The van der Waals surface area contributed by atoms with E-state index in [9.17, 15) is 9.59 Å². The van der Waals surface area contributed by atoms with Gasteiger partial charge in [0.2, 0.25) is 5.56 Å². The Balaban J connectivity index is 2.60. The number of H-pyrrole nitrogens is 1. The number of aromatic nitrogens is 1. The summed E-state index contributed by atoms with van der Waals surface area (Å²) in [6.45, 7) is 0. The molecule has 0 amide bonds. The quantitative estimate of drug-likeness (QED) is 0.915. The Morgan fingerprint density at radius 1 is 1.16 bits per heavy atom. The highest BCUT2D eigenvalue weighted by molar-refractivity contribution is 6.35. The zero-order valence-electron chi connectivity index (χ0n) is 9.61. The van der Waals surface area contributed by atoms with Crippen LogP contribution in [0.25, 0.3) is 11.1 Å². The van der Waals surface area contributed by atoms with Gasteiger partial charge in [0.15, 0.2) is 0 Å². The van der Waals surface area contributed by atoms with Crippen molar-refractivity contribution >= 4 is 29.2 Å². The van der Waals surface area contributed by atoms with Crippen LogP contribution in [0.15, 0.2) is 35.3 Å². The average Bonchev–Trinajstić information content (AvgIpc) is 2.26. The van der Waals surface area contributed by atoms with Crippen LogP contribution in [0.2, 0.25) is 10.0 Å². The second-order valence-electron chi connectivity index (χ2n) is 3.96. The summed E-state index contributed by atoms with van der Waals surface area (Å²) in [5.74, 6) is -1.01. The summed E-state index contributed by atoms with van der Waals surface area (Å²) in [6, 6.07) is 6.16. The summed E-state index contributed by atoms with van der Waals surface area (Å²) in [4.78, 5) is 24.6. The third-order valence-electron chi connectivity index (χ3n) is 2.53. The normalized spacial score (nSPS) is 10.4. The van der Waals surface area contributed by atoms with Gasteiger partial charge in [-0.3, -0.25) is 9.59 Å². The summed E-state index contributed by atoms with van der Waals surface area (Å²) in [6.07, 6.45) is 1.21. The second-order valence-corrected chi connectivity index (χ2v) is 4.84. The summed E-state index contributed by atoms with van der Waals surface area (Å²) in [5.41, 5.74) is 1.30. The van der Waals surface area contributed by atoms with Crippen molar-refractivity contribution in [1.82, 2.24) is 4.98 Å². The minimum atomic E-state index is -1.01. The van der Waals surface area contributed by atoms with Crippen LogP contribution in [0.5, 0.6) is 0 Å². The number of benzene rings is 1. The fraction of sp³-hybridized carbons (Fsp3) is 0.0769. The first-order valence-electron chi connectivity index (χ1n) is 5.35. The fourth-order valence-electron chi connectivity index (χ4n) is 1.80. The molecule has 2 aromatic rings.